The summed E-state index contributed by atoms with van der Waals surface area (Å²) in [4.78, 5) is 31.5. The Morgan fingerprint density at radius 3 is 2.77 bits per heavy atom. The van der Waals surface area contributed by atoms with Gasteiger partial charge in [-0.05, 0) is 37.0 Å². The number of nitrogens with zero attached hydrogens (tertiary/aromatic N) is 7. The van der Waals surface area contributed by atoms with E-state index in [1.165, 1.54) is 4.80 Å². The van der Waals surface area contributed by atoms with Crippen LogP contribution in [0.15, 0.2) is 55.2 Å². The van der Waals surface area contributed by atoms with Crippen LogP contribution in [0.25, 0.3) is 16.7 Å². The summed E-state index contributed by atoms with van der Waals surface area (Å²) >= 11 is 0. The molecule has 4 aromatic rings. The van der Waals surface area contributed by atoms with Crippen LogP contribution in [0.5, 0.6) is 0 Å². The van der Waals surface area contributed by atoms with Gasteiger partial charge >= 0.3 is 0 Å². The second kappa shape index (κ2) is 7.19. The van der Waals surface area contributed by atoms with Gasteiger partial charge < -0.3 is 14.8 Å². The van der Waals surface area contributed by atoms with E-state index in [0.29, 0.717) is 23.7 Å². The molecule has 2 unspecified atom stereocenters. The van der Waals surface area contributed by atoms with Gasteiger partial charge in [-0.15, -0.1) is 0 Å². The van der Waals surface area contributed by atoms with E-state index in [0.717, 1.165) is 42.8 Å². The molecule has 2 fully saturated rings. The monoisotopic (exact) mass is 414 g/mol. The van der Waals surface area contributed by atoms with Gasteiger partial charge in [0.1, 0.15) is 17.8 Å². The van der Waals surface area contributed by atoms with Gasteiger partial charge in [0.2, 0.25) is 0 Å². The summed E-state index contributed by atoms with van der Waals surface area (Å²) in [5.74, 6) is 1.54. The second-order valence-corrected chi connectivity index (χ2v) is 8.12. The summed E-state index contributed by atoms with van der Waals surface area (Å²) in [5.41, 5.74) is 2.17. The van der Waals surface area contributed by atoms with E-state index in [1.54, 1.807) is 18.7 Å². The first-order valence-corrected chi connectivity index (χ1v) is 10.6. The van der Waals surface area contributed by atoms with Crippen LogP contribution >= 0.6 is 0 Å². The number of amides is 1. The van der Waals surface area contributed by atoms with Crippen molar-refractivity contribution in [1.82, 2.24) is 34.8 Å². The van der Waals surface area contributed by atoms with Crippen LogP contribution < -0.4 is 4.90 Å². The van der Waals surface area contributed by atoms with Gasteiger partial charge in [0.05, 0.1) is 35.1 Å². The highest BCUT2D eigenvalue weighted by molar-refractivity contribution is 5.98. The Labute approximate surface area is 178 Å². The third-order valence-electron chi connectivity index (χ3n) is 6.52. The summed E-state index contributed by atoms with van der Waals surface area (Å²) in [6, 6.07) is 9.80. The van der Waals surface area contributed by atoms with E-state index in [2.05, 4.69) is 30.0 Å². The first-order valence-electron chi connectivity index (χ1n) is 10.6. The number of anilines is 1. The fourth-order valence-corrected chi connectivity index (χ4v) is 5.02. The number of aromatic nitrogens is 6. The van der Waals surface area contributed by atoms with E-state index < -0.39 is 0 Å². The molecule has 2 aliphatic heterocycles. The number of hydrogen-bond acceptors (Lipinski definition) is 6. The molecule has 9 nitrogen and oxygen atoms in total. The number of carbonyl (C=O) groups is 1. The minimum atomic E-state index is 0.0210. The van der Waals surface area contributed by atoms with Crippen molar-refractivity contribution in [3.8, 4) is 5.69 Å². The molecular weight excluding hydrogens is 392 g/mol. The summed E-state index contributed by atoms with van der Waals surface area (Å²) in [6.07, 6.45) is 8.86. The van der Waals surface area contributed by atoms with Gasteiger partial charge in [0.25, 0.3) is 5.91 Å². The van der Waals surface area contributed by atoms with E-state index in [4.69, 9.17) is 0 Å². The number of benzene rings is 1. The Hall–Kier alpha value is -3.75. The number of H-pyrrole nitrogens is 1. The van der Waals surface area contributed by atoms with Gasteiger partial charge in [-0.2, -0.15) is 15.0 Å². The third-order valence-corrected chi connectivity index (χ3v) is 6.52. The lowest BCUT2D eigenvalue weighted by atomic mass is 9.91. The molecule has 2 aliphatic rings. The predicted octanol–water partition coefficient (Wildman–Crippen LogP) is 2.28. The number of hydrogen-bond donors (Lipinski definition) is 1. The standard InChI is InChI=1S/C22H22N8O/c31-22(16-3-1-2-4-18(16)30-26-9-10-27-30)28-11-6-15-7-12-29(19(15)13-28)21-17-5-8-23-20(17)24-14-25-21/h1-5,8-10,14-15,19H,6-7,11-13H2,(H,23,24,25). The number of fused-ring (bicyclic) bond motifs is 2. The molecule has 1 aromatic carbocycles. The minimum Gasteiger partial charge on any atom is -0.351 e. The maximum absolute atomic E-state index is 13.5. The maximum atomic E-state index is 13.5. The molecule has 1 amide bonds. The molecule has 0 aliphatic carbocycles. The zero-order chi connectivity index (χ0) is 20.8. The van der Waals surface area contributed by atoms with E-state index in [-0.39, 0.29) is 11.9 Å². The number of para-hydroxylation sites is 1. The van der Waals surface area contributed by atoms with Gasteiger partial charge in [0.15, 0.2) is 0 Å². The molecule has 1 N–H and O–H groups in total. The highest BCUT2D eigenvalue weighted by Crippen LogP contribution is 2.37. The topological polar surface area (TPSA) is 95.8 Å². The van der Waals surface area contributed by atoms with Crippen molar-refractivity contribution in [2.45, 2.75) is 18.9 Å². The number of carbonyl (C=O) groups excluding carboxylic acids is 1. The van der Waals surface area contributed by atoms with Crippen molar-refractivity contribution in [3.05, 3.63) is 60.8 Å². The van der Waals surface area contributed by atoms with Crippen LogP contribution in [0.4, 0.5) is 5.82 Å². The molecule has 0 radical (unpaired) electrons. The van der Waals surface area contributed by atoms with Crippen molar-refractivity contribution < 1.29 is 4.79 Å². The predicted molar refractivity (Wildman–Crippen MR) is 115 cm³/mol. The Bertz CT molecular complexity index is 1230. The molecule has 0 saturated carbocycles. The molecular formula is C22H22N8O. The minimum absolute atomic E-state index is 0.0210. The Balaban J connectivity index is 1.30. The summed E-state index contributed by atoms with van der Waals surface area (Å²) < 4.78 is 0. The molecule has 5 heterocycles. The smallest absolute Gasteiger partial charge is 0.256 e. The fourth-order valence-electron chi connectivity index (χ4n) is 5.02. The quantitative estimate of drug-likeness (QED) is 0.553. The van der Waals surface area contributed by atoms with E-state index in [9.17, 15) is 4.79 Å². The molecule has 0 spiro atoms. The zero-order valence-corrected chi connectivity index (χ0v) is 16.9. The second-order valence-electron chi connectivity index (χ2n) is 8.12. The first-order chi connectivity index (χ1) is 15.3. The molecule has 2 saturated heterocycles. The summed E-state index contributed by atoms with van der Waals surface area (Å²) in [7, 11) is 0. The Morgan fingerprint density at radius 1 is 1.03 bits per heavy atom. The van der Waals surface area contributed by atoms with Crippen LogP contribution in [-0.4, -0.2) is 66.4 Å². The molecule has 156 valence electrons. The van der Waals surface area contributed by atoms with Gasteiger partial charge in [0, 0.05) is 25.8 Å². The number of aromatic amines is 1. The van der Waals surface area contributed by atoms with Crippen LogP contribution in [0.2, 0.25) is 0 Å². The Morgan fingerprint density at radius 2 is 1.87 bits per heavy atom. The number of rotatable bonds is 3. The van der Waals surface area contributed by atoms with Crippen LogP contribution in [-0.2, 0) is 0 Å². The molecule has 2 atom stereocenters. The molecule has 6 rings (SSSR count). The summed E-state index contributed by atoms with van der Waals surface area (Å²) in [6.45, 7) is 2.39. The van der Waals surface area contributed by atoms with E-state index in [1.807, 2.05) is 41.4 Å². The van der Waals surface area contributed by atoms with Crippen molar-refractivity contribution >= 4 is 22.8 Å². The van der Waals surface area contributed by atoms with Crippen molar-refractivity contribution in [1.29, 1.82) is 0 Å². The van der Waals surface area contributed by atoms with Crippen LogP contribution in [0, 0.1) is 5.92 Å². The highest BCUT2D eigenvalue weighted by Gasteiger charge is 2.41. The zero-order valence-electron chi connectivity index (χ0n) is 16.9. The van der Waals surface area contributed by atoms with Gasteiger partial charge in [-0.3, -0.25) is 4.79 Å². The first kappa shape index (κ1) is 18.1. The lowest BCUT2D eigenvalue weighted by molar-refractivity contribution is 0.0678. The van der Waals surface area contributed by atoms with Gasteiger partial charge in [-0.25, -0.2) is 9.97 Å². The van der Waals surface area contributed by atoms with Gasteiger partial charge in [-0.1, -0.05) is 12.1 Å². The lowest BCUT2D eigenvalue weighted by Crippen LogP contribution is -2.50. The van der Waals surface area contributed by atoms with Crippen LogP contribution in [0.1, 0.15) is 23.2 Å². The molecule has 9 heteroatoms. The fraction of sp³-hybridized carbons (Fsp3) is 0.318. The largest absolute Gasteiger partial charge is 0.351 e. The lowest BCUT2D eigenvalue weighted by Gasteiger charge is -2.39. The third kappa shape index (κ3) is 2.96. The SMILES string of the molecule is O=C(c1ccccc1-n1nccn1)N1CCC2CCN(c3ncnc4[nH]ccc34)C2C1. The summed E-state index contributed by atoms with van der Waals surface area (Å²) in [5, 5.41) is 9.46. The van der Waals surface area contributed by atoms with Crippen molar-refractivity contribution in [3.63, 3.8) is 0 Å². The van der Waals surface area contributed by atoms with Crippen LogP contribution in [0.3, 0.4) is 0 Å². The highest BCUT2D eigenvalue weighted by atomic mass is 16.2. The Kier molecular flexibility index (Phi) is 4.19. The normalized spacial score (nSPS) is 20.9. The number of piperidine rings is 1. The molecule has 3 aromatic heterocycles. The number of nitrogens with one attached hydrogen (secondary N) is 1. The van der Waals surface area contributed by atoms with E-state index >= 15 is 0 Å². The molecule has 0 bridgehead atoms. The molecule has 31 heavy (non-hydrogen) atoms. The van der Waals surface area contributed by atoms with Crippen molar-refractivity contribution in [2.75, 3.05) is 24.5 Å². The average molecular weight is 414 g/mol. The number of likely N-dealkylation sites (tertiary alicyclic amines) is 1. The average Bonchev–Trinajstić information content (AvgIpc) is 3.58. The maximum Gasteiger partial charge on any atom is 0.256 e. The van der Waals surface area contributed by atoms with Crippen molar-refractivity contribution in [2.24, 2.45) is 5.92 Å².